The SMILES string of the molecule is CC1=C(C(=O)OCC(C)C)C(c2cccs2)C2=C(CC(c3cccs3)CC2=O)N1. The average molecular weight is 428 g/mol. The number of thiophene rings is 2. The molecule has 1 N–H and O–H groups in total. The van der Waals surface area contributed by atoms with Crippen LogP contribution in [-0.2, 0) is 14.3 Å². The van der Waals surface area contributed by atoms with E-state index in [1.165, 1.54) is 4.88 Å². The molecule has 0 amide bonds. The molecule has 29 heavy (non-hydrogen) atoms. The Balaban J connectivity index is 1.72. The van der Waals surface area contributed by atoms with Crippen LogP contribution in [0.2, 0.25) is 0 Å². The highest BCUT2D eigenvalue weighted by Crippen LogP contribution is 2.47. The van der Waals surface area contributed by atoms with Gasteiger partial charge in [0.15, 0.2) is 5.78 Å². The number of hydrogen-bond acceptors (Lipinski definition) is 6. The van der Waals surface area contributed by atoms with Gasteiger partial charge in [-0.05, 0) is 42.2 Å². The second kappa shape index (κ2) is 8.28. The Morgan fingerprint density at radius 3 is 2.48 bits per heavy atom. The summed E-state index contributed by atoms with van der Waals surface area (Å²) in [6, 6.07) is 8.11. The van der Waals surface area contributed by atoms with Gasteiger partial charge in [0.05, 0.1) is 18.1 Å². The maximum atomic E-state index is 13.3. The highest BCUT2D eigenvalue weighted by atomic mass is 32.1. The van der Waals surface area contributed by atoms with Crippen molar-refractivity contribution >= 4 is 34.4 Å². The van der Waals surface area contributed by atoms with Crippen molar-refractivity contribution in [1.29, 1.82) is 0 Å². The van der Waals surface area contributed by atoms with Gasteiger partial charge in [0.1, 0.15) is 0 Å². The normalized spacial score (nSPS) is 22.0. The topological polar surface area (TPSA) is 55.4 Å². The third-order valence-electron chi connectivity index (χ3n) is 5.37. The molecule has 4 nitrogen and oxygen atoms in total. The molecule has 152 valence electrons. The predicted molar refractivity (Wildman–Crippen MR) is 117 cm³/mol. The number of allylic oxidation sites excluding steroid dienone is 3. The number of ether oxygens (including phenoxy) is 1. The number of carbonyl (C=O) groups excluding carboxylic acids is 2. The third-order valence-corrected chi connectivity index (χ3v) is 7.34. The zero-order valence-electron chi connectivity index (χ0n) is 16.9. The van der Waals surface area contributed by atoms with Gasteiger partial charge < -0.3 is 10.1 Å². The summed E-state index contributed by atoms with van der Waals surface area (Å²) in [4.78, 5) is 28.6. The van der Waals surface area contributed by atoms with E-state index in [0.717, 1.165) is 28.3 Å². The van der Waals surface area contributed by atoms with Crippen LogP contribution >= 0.6 is 22.7 Å². The number of carbonyl (C=O) groups is 2. The molecule has 3 heterocycles. The summed E-state index contributed by atoms with van der Waals surface area (Å²) >= 11 is 3.28. The Bertz CT molecular complexity index is 968. The molecule has 0 fully saturated rings. The molecule has 0 spiro atoms. The molecule has 2 aromatic heterocycles. The number of Topliss-reactive ketones (excluding diaryl/α,β-unsaturated/α-hetero) is 1. The predicted octanol–water partition coefficient (Wildman–Crippen LogP) is 5.37. The Morgan fingerprint density at radius 1 is 1.17 bits per heavy atom. The number of nitrogens with one attached hydrogen (secondary N) is 1. The van der Waals surface area contributed by atoms with E-state index in [4.69, 9.17) is 4.74 Å². The molecule has 0 saturated carbocycles. The van der Waals surface area contributed by atoms with Crippen molar-refractivity contribution in [2.24, 2.45) is 5.92 Å². The van der Waals surface area contributed by atoms with Gasteiger partial charge in [-0.25, -0.2) is 4.79 Å². The third kappa shape index (κ3) is 3.96. The van der Waals surface area contributed by atoms with E-state index in [0.29, 0.717) is 18.6 Å². The van der Waals surface area contributed by atoms with Crippen LogP contribution in [0.15, 0.2) is 57.6 Å². The van der Waals surface area contributed by atoms with Gasteiger partial charge in [-0.1, -0.05) is 26.0 Å². The first-order valence-electron chi connectivity index (χ1n) is 9.93. The molecule has 0 bridgehead atoms. The van der Waals surface area contributed by atoms with E-state index >= 15 is 0 Å². The smallest absolute Gasteiger partial charge is 0.336 e. The lowest BCUT2D eigenvalue weighted by Crippen LogP contribution is -2.36. The fraction of sp³-hybridized carbons (Fsp3) is 0.391. The molecule has 0 aromatic carbocycles. The number of esters is 1. The van der Waals surface area contributed by atoms with Crippen LogP contribution < -0.4 is 5.32 Å². The molecule has 2 unspecified atom stereocenters. The maximum absolute atomic E-state index is 13.3. The first kappa shape index (κ1) is 20.1. The fourth-order valence-corrected chi connectivity index (χ4v) is 5.77. The molecule has 2 atom stereocenters. The molecule has 4 rings (SSSR count). The van der Waals surface area contributed by atoms with Gasteiger partial charge in [0, 0.05) is 39.1 Å². The van der Waals surface area contributed by atoms with Gasteiger partial charge in [0.2, 0.25) is 0 Å². The van der Waals surface area contributed by atoms with Crippen molar-refractivity contribution in [1.82, 2.24) is 5.32 Å². The molecule has 0 radical (unpaired) electrons. The van der Waals surface area contributed by atoms with Crippen LogP contribution in [0.5, 0.6) is 0 Å². The Labute approximate surface area is 179 Å². The summed E-state index contributed by atoms with van der Waals surface area (Å²) in [5.41, 5.74) is 3.05. The van der Waals surface area contributed by atoms with Gasteiger partial charge in [-0.15, -0.1) is 22.7 Å². The van der Waals surface area contributed by atoms with Crippen LogP contribution in [-0.4, -0.2) is 18.4 Å². The van der Waals surface area contributed by atoms with Crippen LogP contribution in [0, 0.1) is 5.92 Å². The molecule has 2 aliphatic rings. The number of hydrogen-bond donors (Lipinski definition) is 1. The number of rotatable bonds is 5. The number of dihydropyridines is 1. The van der Waals surface area contributed by atoms with E-state index in [1.54, 1.807) is 22.7 Å². The first-order valence-corrected chi connectivity index (χ1v) is 11.7. The molecule has 1 aliphatic heterocycles. The lowest BCUT2D eigenvalue weighted by atomic mass is 9.74. The van der Waals surface area contributed by atoms with E-state index in [1.807, 2.05) is 44.4 Å². The Kier molecular flexibility index (Phi) is 5.74. The van der Waals surface area contributed by atoms with Crippen molar-refractivity contribution in [2.75, 3.05) is 6.61 Å². The molecule has 0 saturated heterocycles. The second-order valence-electron chi connectivity index (χ2n) is 8.04. The number of ketones is 1. The first-order chi connectivity index (χ1) is 14.0. The van der Waals surface area contributed by atoms with E-state index in [-0.39, 0.29) is 29.5 Å². The minimum atomic E-state index is -0.345. The van der Waals surface area contributed by atoms with Crippen molar-refractivity contribution < 1.29 is 14.3 Å². The van der Waals surface area contributed by atoms with Gasteiger partial charge in [-0.3, -0.25) is 4.79 Å². The zero-order valence-corrected chi connectivity index (χ0v) is 18.5. The van der Waals surface area contributed by atoms with Gasteiger partial charge in [0.25, 0.3) is 0 Å². The highest BCUT2D eigenvalue weighted by Gasteiger charge is 2.42. The molecule has 1 aliphatic carbocycles. The highest BCUT2D eigenvalue weighted by molar-refractivity contribution is 7.10. The summed E-state index contributed by atoms with van der Waals surface area (Å²) in [6.07, 6.45) is 1.27. The zero-order chi connectivity index (χ0) is 20.5. The molecule has 6 heteroatoms. The average Bonchev–Trinajstić information content (AvgIpc) is 3.38. The standard InChI is InChI=1S/C23H25NO3S2/c1-13(2)12-27-23(26)20-14(3)24-16-10-15(18-6-4-8-28-18)11-17(25)21(16)22(20)19-7-5-9-29-19/h4-9,13,15,22,24H,10-12H2,1-3H3. The maximum Gasteiger partial charge on any atom is 0.336 e. The summed E-state index contributed by atoms with van der Waals surface area (Å²) in [6.45, 7) is 6.31. The lowest BCUT2D eigenvalue weighted by Gasteiger charge is -2.36. The summed E-state index contributed by atoms with van der Waals surface area (Å²) in [5, 5.41) is 7.45. The van der Waals surface area contributed by atoms with Crippen molar-refractivity contribution in [2.45, 2.75) is 45.4 Å². The van der Waals surface area contributed by atoms with Crippen molar-refractivity contribution in [3.05, 3.63) is 67.3 Å². The fourth-order valence-electron chi connectivity index (χ4n) is 4.09. The van der Waals surface area contributed by atoms with Crippen molar-refractivity contribution in [3.8, 4) is 0 Å². The quantitative estimate of drug-likeness (QED) is 0.652. The van der Waals surface area contributed by atoms with Crippen LogP contribution in [0.3, 0.4) is 0 Å². The molecular weight excluding hydrogens is 402 g/mol. The lowest BCUT2D eigenvalue weighted by molar-refractivity contribution is -0.140. The van der Waals surface area contributed by atoms with Crippen LogP contribution in [0.25, 0.3) is 0 Å². The largest absolute Gasteiger partial charge is 0.462 e. The molecular formula is C23H25NO3S2. The second-order valence-corrected chi connectivity index (χ2v) is 10.00. The monoisotopic (exact) mass is 427 g/mol. The van der Waals surface area contributed by atoms with Crippen molar-refractivity contribution in [3.63, 3.8) is 0 Å². The van der Waals surface area contributed by atoms with E-state index in [9.17, 15) is 9.59 Å². The Hall–Kier alpha value is -2.18. The minimum absolute atomic E-state index is 0.122. The van der Waals surface area contributed by atoms with Gasteiger partial charge in [-0.2, -0.15) is 0 Å². The van der Waals surface area contributed by atoms with E-state index < -0.39 is 0 Å². The van der Waals surface area contributed by atoms with E-state index in [2.05, 4.69) is 16.8 Å². The van der Waals surface area contributed by atoms with Crippen LogP contribution in [0.4, 0.5) is 0 Å². The molecule has 2 aromatic rings. The van der Waals surface area contributed by atoms with Crippen LogP contribution in [0.1, 0.15) is 55.2 Å². The minimum Gasteiger partial charge on any atom is -0.462 e. The summed E-state index contributed by atoms with van der Waals surface area (Å²) in [5.74, 6) is -0.101. The summed E-state index contributed by atoms with van der Waals surface area (Å²) < 4.78 is 5.57. The van der Waals surface area contributed by atoms with Gasteiger partial charge >= 0.3 is 5.97 Å². The Morgan fingerprint density at radius 2 is 1.86 bits per heavy atom. The summed E-state index contributed by atoms with van der Waals surface area (Å²) in [7, 11) is 0.